The average Bonchev–Trinajstić information content (AvgIpc) is 2.93. The van der Waals surface area contributed by atoms with Crippen molar-refractivity contribution in [3.05, 3.63) is 33.1 Å². The molecule has 0 bridgehead atoms. The summed E-state index contributed by atoms with van der Waals surface area (Å²) >= 11 is 4.95. The Kier molecular flexibility index (Phi) is 5.12. The van der Waals surface area contributed by atoms with Crippen LogP contribution in [0.1, 0.15) is 18.6 Å². The van der Waals surface area contributed by atoms with Crippen molar-refractivity contribution in [3.8, 4) is 0 Å². The van der Waals surface area contributed by atoms with E-state index in [4.69, 9.17) is 0 Å². The first-order valence-electron chi connectivity index (χ1n) is 5.91. The molecular formula is C12H15BrN4OS. The van der Waals surface area contributed by atoms with Crippen molar-refractivity contribution in [2.75, 3.05) is 23.7 Å². The molecule has 0 aliphatic rings. The highest BCUT2D eigenvalue weighted by Crippen LogP contribution is 2.22. The second-order valence-electron chi connectivity index (χ2n) is 3.87. The lowest BCUT2D eigenvalue weighted by atomic mass is 10.2. The highest BCUT2D eigenvalue weighted by atomic mass is 79.9. The molecule has 102 valence electrons. The summed E-state index contributed by atoms with van der Waals surface area (Å²) in [5.41, 5.74) is 0.912. The van der Waals surface area contributed by atoms with Crippen LogP contribution in [0.15, 0.2) is 27.5 Å². The van der Waals surface area contributed by atoms with E-state index in [2.05, 4.69) is 36.5 Å². The Hall–Kier alpha value is -1.18. The molecule has 1 unspecified atom stereocenters. The van der Waals surface area contributed by atoms with E-state index in [0.29, 0.717) is 18.3 Å². The summed E-state index contributed by atoms with van der Waals surface area (Å²) in [5, 5.41) is 20.0. The van der Waals surface area contributed by atoms with Crippen LogP contribution in [0.2, 0.25) is 0 Å². The van der Waals surface area contributed by atoms with E-state index >= 15 is 0 Å². The second kappa shape index (κ2) is 6.83. The maximum absolute atomic E-state index is 10.0. The molecule has 1 atom stereocenters. The van der Waals surface area contributed by atoms with Gasteiger partial charge < -0.3 is 15.7 Å². The Morgan fingerprint density at radius 2 is 2.32 bits per heavy atom. The van der Waals surface area contributed by atoms with Crippen LogP contribution in [0.25, 0.3) is 0 Å². The summed E-state index contributed by atoms with van der Waals surface area (Å²) < 4.78 is 0.770. The number of anilines is 2. The Labute approximate surface area is 124 Å². The van der Waals surface area contributed by atoms with Crippen LogP contribution >= 0.6 is 27.3 Å². The van der Waals surface area contributed by atoms with Gasteiger partial charge in [0.15, 0.2) is 0 Å². The van der Waals surface area contributed by atoms with Crippen LogP contribution in [0.4, 0.5) is 11.8 Å². The fourth-order valence-corrected chi connectivity index (χ4v) is 2.55. The number of aliphatic hydroxyl groups excluding tert-OH is 1. The Balaban J connectivity index is 2.00. The number of nitrogens with one attached hydrogen (secondary N) is 2. The van der Waals surface area contributed by atoms with Gasteiger partial charge in [-0.1, -0.05) is 0 Å². The SMILES string of the molecule is CCNc1ncc(Br)c(NCC(O)c2ccsc2)n1. The minimum absolute atomic E-state index is 0.401. The Morgan fingerprint density at radius 3 is 3.00 bits per heavy atom. The lowest BCUT2D eigenvalue weighted by molar-refractivity contribution is 0.192. The number of rotatable bonds is 6. The van der Waals surface area contributed by atoms with Crippen molar-refractivity contribution >= 4 is 39.0 Å². The van der Waals surface area contributed by atoms with Crippen LogP contribution < -0.4 is 10.6 Å². The fourth-order valence-electron chi connectivity index (χ4n) is 1.51. The van der Waals surface area contributed by atoms with Gasteiger partial charge in [0.25, 0.3) is 0 Å². The van der Waals surface area contributed by atoms with Crippen molar-refractivity contribution < 1.29 is 5.11 Å². The maximum Gasteiger partial charge on any atom is 0.224 e. The molecule has 2 aromatic heterocycles. The van der Waals surface area contributed by atoms with Gasteiger partial charge in [0.05, 0.1) is 10.6 Å². The van der Waals surface area contributed by atoms with Crippen LogP contribution in [-0.2, 0) is 0 Å². The number of nitrogens with zero attached hydrogens (tertiary/aromatic N) is 2. The minimum Gasteiger partial charge on any atom is -0.387 e. The average molecular weight is 343 g/mol. The third-order valence-electron chi connectivity index (χ3n) is 2.47. The first kappa shape index (κ1) is 14.2. The number of aliphatic hydroxyl groups is 1. The summed E-state index contributed by atoms with van der Waals surface area (Å²) in [5.74, 6) is 1.23. The number of hydrogen-bond donors (Lipinski definition) is 3. The van der Waals surface area contributed by atoms with Gasteiger partial charge >= 0.3 is 0 Å². The van der Waals surface area contributed by atoms with E-state index in [1.165, 1.54) is 0 Å². The molecule has 2 aromatic rings. The molecule has 5 nitrogen and oxygen atoms in total. The summed E-state index contributed by atoms with van der Waals surface area (Å²) in [4.78, 5) is 8.46. The Bertz CT molecular complexity index is 520. The lowest BCUT2D eigenvalue weighted by Crippen LogP contribution is -2.14. The maximum atomic E-state index is 10.0. The summed E-state index contributed by atoms with van der Waals surface area (Å²) in [6.07, 6.45) is 1.14. The van der Waals surface area contributed by atoms with Crippen LogP contribution in [0.5, 0.6) is 0 Å². The van der Waals surface area contributed by atoms with Crippen molar-refractivity contribution in [3.63, 3.8) is 0 Å². The molecule has 0 radical (unpaired) electrons. The fraction of sp³-hybridized carbons (Fsp3) is 0.333. The van der Waals surface area contributed by atoms with E-state index in [1.54, 1.807) is 17.5 Å². The van der Waals surface area contributed by atoms with Gasteiger partial charge in [0.2, 0.25) is 5.95 Å². The van der Waals surface area contributed by atoms with Crippen molar-refractivity contribution in [1.82, 2.24) is 9.97 Å². The quantitative estimate of drug-likeness (QED) is 0.752. The monoisotopic (exact) mass is 342 g/mol. The standard InChI is InChI=1S/C12H15BrN4OS/c1-2-14-12-16-5-9(13)11(17-12)15-6-10(18)8-3-4-19-7-8/h3-5,7,10,18H,2,6H2,1H3,(H2,14,15,16,17). The molecule has 7 heteroatoms. The van der Waals surface area contributed by atoms with Crippen LogP contribution in [0, 0.1) is 0 Å². The van der Waals surface area contributed by atoms with E-state index < -0.39 is 6.10 Å². The predicted molar refractivity (Wildman–Crippen MR) is 81.7 cm³/mol. The van der Waals surface area contributed by atoms with Crippen molar-refractivity contribution in [1.29, 1.82) is 0 Å². The molecule has 0 fully saturated rings. The molecule has 2 heterocycles. The van der Waals surface area contributed by atoms with Gasteiger partial charge in [0.1, 0.15) is 5.82 Å². The zero-order valence-corrected chi connectivity index (χ0v) is 12.8. The highest BCUT2D eigenvalue weighted by molar-refractivity contribution is 9.10. The van der Waals surface area contributed by atoms with Crippen LogP contribution in [0.3, 0.4) is 0 Å². The molecule has 19 heavy (non-hydrogen) atoms. The smallest absolute Gasteiger partial charge is 0.224 e. The molecule has 2 rings (SSSR count). The first-order chi connectivity index (χ1) is 9.20. The molecule has 0 aliphatic carbocycles. The van der Waals surface area contributed by atoms with Gasteiger partial charge in [-0.15, -0.1) is 0 Å². The number of hydrogen-bond acceptors (Lipinski definition) is 6. The van der Waals surface area contributed by atoms with E-state index in [1.807, 2.05) is 23.8 Å². The molecule has 0 aliphatic heterocycles. The lowest BCUT2D eigenvalue weighted by Gasteiger charge is -2.13. The van der Waals surface area contributed by atoms with Gasteiger partial charge in [-0.25, -0.2) is 4.98 Å². The third-order valence-corrected chi connectivity index (χ3v) is 3.75. The molecule has 3 N–H and O–H groups in total. The summed E-state index contributed by atoms with van der Waals surface area (Å²) in [7, 11) is 0. The van der Waals surface area contributed by atoms with E-state index in [9.17, 15) is 5.11 Å². The van der Waals surface area contributed by atoms with E-state index in [-0.39, 0.29) is 0 Å². The zero-order valence-electron chi connectivity index (χ0n) is 10.4. The molecule has 0 spiro atoms. The zero-order chi connectivity index (χ0) is 13.7. The number of halogens is 1. The number of aromatic nitrogens is 2. The largest absolute Gasteiger partial charge is 0.387 e. The normalized spacial score (nSPS) is 12.2. The predicted octanol–water partition coefficient (Wildman–Crippen LogP) is 2.88. The first-order valence-corrected chi connectivity index (χ1v) is 7.64. The molecule has 0 aromatic carbocycles. The molecular weight excluding hydrogens is 328 g/mol. The van der Waals surface area contributed by atoms with Gasteiger partial charge in [-0.05, 0) is 45.2 Å². The molecule has 0 amide bonds. The minimum atomic E-state index is -0.546. The van der Waals surface area contributed by atoms with Crippen LogP contribution in [-0.4, -0.2) is 28.2 Å². The van der Waals surface area contributed by atoms with E-state index in [0.717, 1.165) is 16.6 Å². The Morgan fingerprint density at radius 1 is 1.47 bits per heavy atom. The summed E-state index contributed by atoms with van der Waals surface area (Å²) in [6, 6.07) is 1.91. The van der Waals surface area contributed by atoms with Gasteiger partial charge in [0, 0.05) is 19.3 Å². The molecule has 0 saturated heterocycles. The van der Waals surface area contributed by atoms with Gasteiger partial charge in [-0.2, -0.15) is 16.3 Å². The summed E-state index contributed by atoms with van der Waals surface area (Å²) in [6.45, 7) is 3.15. The van der Waals surface area contributed by atoms with Crippen molar-refractivity contribution in [2.45, 2.75) is 13.0 Å². The third kappa shape index (κ3) is 3.89. The van der Waals surface area contributed by atoms with Crippen molar-refractivity contribution in [2.24, 2.45) is 0 Å². The number of thiophene rings is 1. The highest BCUT2D eigenvalue weighted by Gasteiger charge is 2.10. The van der Waals surface area contributed by atoms with Gasteiger partial charge in [-0.3, -0.25) is 0 Å². The topological polar surface area (TPSA) is 70.1 Å². The molecule has 0 saturated carbocycles. The second-order valence-corrected chi connectivity index (χ2v) is 5.51.